The number of nitrogens with one attached hydrogen (secondary N) is 1. The van der Waals surface area contributed by atoms with E-state index in [1.807, 2.05) is 17.5 Å². The Bertz CT molecular complexity index is 746. The molecule has 3 aromatic rings. The first-order valence-corrected chi connectivity index (χ1v) is 7.84. The zero-order valence-corrected chi connectivity index (χ0v) is 12.9. The summed E-state index contributed by atoms with van der Waals surface area (Å²) in [7, 11) is 0. The van der Waals surface area contributed by atoms with Gasteiger partial charge in [0.15, 0.2) is 5.69 Å². The third-order valence-electron chi connectivity index (χ3n) is 2.99. The summed E-state index contributed by atoms with van der Waals surface area (Å²) in [6.45, 7) is 2.12. The topological polar surface area (TPSA) is 81.0 Å². The quantitative estimate of drug-likeness (QED) is 0.704. The van der Waals surface area contributed by atoms with Gasteiger partial charge in [-0.3, -0.25) is 5.10 Å². The molecule has 0 spiro atoms. The Kier molecular flexibility index (Phi) is 4.34. The molecule has 3 rings (SSSR count). The van der Waals surface area contributed by atoms with Gasteiger partial charge in [-0.1, -0.05) is 19.4 Å². The van der Waals surface area contributed by atoms with Crippen LogP contribution in [0.15, 0.2) is 34.3 Å². The van der Waals surface area contributed by atoms with Crippen LogP contribution in [0.4, 0.5) is 0 Å². The third kappa shape index (κ3) is 3.25. The molecule has 114 valence electrons. The predicted molar refractivity (Wildman–Crippen MR) is 81.5 cm³/mol. The number of oxazole rings is 1. The molecule has 1 N–H and O–H groups in total. The molecule has 0 atom stereocenters. The molecule has 7 heteroatoms. The van der Waals surface area contributed by atoms with E-state index in [0.717, 1.165) is 23.4 Å². The summed E-state index contributed by atoms with van der Waals surface area (Å²) >= 11 is 1.54. The van der Waals surface area contributed by atoms with Crippen LogP contribution in [0.25, 0.3) is 10.8 Å². The molecular formula is C15H15N3O3S. The molecule has 22 heavy (non-hydrogen) atoms. The van der Waals surface area contributed by atoms with Gasteiger partial charge in [0, 0.05) is 5.69 Å². The molecule has 0 saturated heterocycles. The van der Waals surface area contributed by atoms with Crippen LogP contribution in [0.5, 0.6) is 0 Å². The first-order chi connectivity index (χ1) is 10.8. The summed E-state index contributed by atoms with van der Waals surface area (Å²) in [5, 5.41) is 8.73. The highest BCUT2D eigenvalue weighted by molar-refractivity contribution is 7.13. The molecule has 0 amide bonds. The number of aromatic nitrogens is 3. The number of thiophene rings is 1. The maximum atomic E-state index is 11.9. The lowest BCUT2D eigenvalue weighted by Crippen LogP contribution is -2.05. The number of rotatable bonds is 6. The van der Waals surface area contributed by atoms with E-state index in [2.05, 4.69) is 22.1 Å². The van der Waals surface area contributed by atoms with E-state index in [1.165, 1.54) is 17.6 Å². The minimum absolute atomic E-state index is 0.0592. The molecule has 0 unspecified atom stereocenters. The molecule has 3 heterocycles. The fourth-order valence-electron chi connectivity index (χ4n) is 1.96. The van der Waals surface area contributed by atoms with Gasteiger partial charge in [-0.25, -0.2) is 9.78 Å². The Hall–Kier alpha value is -2.41. The lowest BCUT2D eigenvalue weighted by molar-refractivity contribution is 0.0460. The van der Waals surface area contributed by atoms with E-state index < -0.39 is 5.97 Å². The van der Waals surface area contributed by atoms with Crippen molar-refractivity contribution in [3.8, 4) is 10.8 Å². The van der Waals surface area contributed by atoms with Gasteiger partial charge in [0.1, 0.15) is 18.6 Å². The van der Waals surface area contributed by atoms with Gasteiger partial charge < -0.3 is 9.15 Å². The summed E-state index contributed by atoms with van der Waals surface area (Å²) in [6, 6.07) is 5.56. The van der Waals surface area contributed by atoms with E-state index in [-0.39, 0.29) is 12.3 Å². The standard InChI is InChI=1S/C15H15N3O3S/c1-2-4-10-7-12(18-17-10)15(19)21-9-11-8-20-14(16-11)13-5-3-6-22-13/h3,5-8H,2,4,9H2,1H3,(H,17,18). The summed E-state index contributed by atoms with van der Waals surface area (Å²) in [5.41, 5.74) is 1.78. The van der Waals surface area contributed by atoms with Gasteiger partial charge in [-0.05, 0) is 23.9 Å². The zero-order valence-electron chi connectivity index (χ0n) is 12.0. The van der Waals surface area contributed by atoms with Crippen molar-refractivity contribution in [1.82, 2.24) is 15.2 Å². The van der Waals surface area contributed by atoms with Gasteiger partial charge in [0.2, 0.25) is 5.89 Å². The molecule has 0 radical (unpaired) electrons. The Balaban J connectivity index is 1.58. The zero-order chi connectivity index (χ0) is 15.4. The minimum Gasteiger partial charge on any atom is -0.454 e. The maximum Gasteiger partial charge on any atom is 0.359 e. The van der Waals surface area contributed by atoms with Crippen molar-refractivity contribution in [2.24, 2.45) is 0 Å². The molecule has 3 aromatic heterocycles. The van der Waals surface area contributed by atoms with Crippen LogP contribution in [0.2, 0.25) is 0 Å². The molecule has 0 aliphatic rings. The summed E-state index contributed by atoms with van der Waals surface area (Å²) in [4.78, 5) is 17.1. The summed E-state index contributed by atoms with van der Waals surface area (Å²) < 4.78 is 10.6. The highest BCUT2D eigenvalue weighted by Crippen LogP contribution is 2.23. The van der Waals surface area contributed by atoms with Crippen molar-refractivity contribution in [1.29, 1.82) is 0 Å². The van der Waals surface area contributed by atoms with Crippen LogP contribution in [0.3, 0.4) is 0 Å². The number of ether oxygens (including phenoxy) is 1. The first-order valence-electron chi connectivity index (χ1n) is 6.96. The number of hydrogen-bond donors (Lipinski definition) is 1. The Morgan fingerprint density at radius 3 is 3.18 bits per heavy atom. The second kappa shape index (κ2) is 6.57. The number of nitrogens with zero attached hydrogens (tertiary/aromatic N) is 2. The molecule has 0 saturated carbocycles. The van der Waals surface area contributed by atoms with Crippen LogP contribution in [-0.2, 0) is 17.8 Å². The van der Waals surface area contributed by atoms with E-state index in [1.54, 1.807) is 6.07 Å². The Morgan fingerprint density at radius 1 is 1.50 bits per heavy atom. The number of H-pyrrole nitrogens is 1. The van der Waals surface area contributed by atoms with Crippen molar-refractivity contribution in [3.05, 3.63) is 46.9 Å². The second-order valence-corrected chi connectivity index (χ2v) is 5.67. The number of aryl methyl sites for hydroxylation is 1. The number of hydrogen-bond acceptors (Lipinski definition) is 6. The van der Waals surface area contributed by atoms with Crippen molar-refractivity contribution < 1.29 is 13.9 Å². The smallest absolute Gasteiger partial charge is 0.359 e. The Labute approximate surface area is 131 Å². The molecule has 0 aliphatic heterocycles. The molecule has 0 aliphatic carbocycles. The van der Waals surface area contributed by atoms with Crippen LogP contribution in [-0.4, -0.2) is 21.2 Å². The van der Waals surface area contributed by atoms with Crippen molar-refractivity contribution in [2.75, 3.05) is 0 Å². The largest absolute Gasteiger partial charge is 0.454 e. The SMILES string of the molecule is CCCc1cc(C(=O)OCc2coc(-c3cccs3)n2)n[nH]1. The fraction of sp³-hybridized carbons (Fsp3) is 0.267. The van der Waals surface area contributed by atoms with Crippen LogP contribution in [0, 0.1) is 0 Å². The van der Waals surface area contributed by atoms with Crippen molar-refractivity contribution in [3.63, 3.8) is 0 Å². The molecular weight excluding hydrogens is 302 g/mol. The lowest BCUT2D eigenvalue weighted by atomic mass is 10.2. The van der Waals surface area contributed by atoms with E-state index in [4.69, 9.17) is 9.15 Å². The first kappa shape index (κ1) is 14.5. The predicted octanol–water partition coefficient (Wildman–Crippen LogP) is 3.44. The van der Waals surface area contributed by atoms with Gasteiger partial charge in [0.05, 0.1) is 4.88 Å². The van der Waals surface area contributed by atoms with E-state index in [9.17, 15) is 4.79 Å². The molecule has 0 bridgehead atoms. The fourth-order valence-corrected chi connectivity index (χ4v) is 2.62. The van der Waals surface area contributed by atoms with Gasteiger partial charge in [0.25, 0.3) is 0 Å². The summed E-state index contributed by atoms with van der Waals surface area (Å²) in [6.07, 6.45) is 3.34. The number of carbonyl (C=O) groups excluding carboxylic acids is 1. The average Bonchev–Trinajstić information content (AvgIpc) is 3.25. The monoisotopic (exact) mass is 317 g/mol. The van der Waals surface area contributed by atoms with Gasteiger partial charge in [-0.2, -0.15) is 5.10 Å². The second-order valence-electron chi connectivity index (χ2n) is 4.73. The lowest BCUT2D eigenvalue weighted by Gasteiger charge is -1.98. The number of esters is 1. The van der Waals surface area contributed by atoms with E-state index in [0.29, 0.717) is 11.6 Å². The van der Waals surface area contributed by atoms with E-state index >= 15 is 0 Å². The molecule has 6 nitrogen and oxygen atoms in total. The van der Waals surface area contributed by atoms with Crippen LogP contribution >= 0.6 is 11.3 Å². The number of aromatic amines is 1. The minimum atomic E-state index is -0.473. The maximum absolute atomic E-state index is 11.9. The number of carbonyl (C=O) groups is 1. The highest BCUT2D eigenvalue weighted by Gasteiger charge is 2.14. The van der Waals surface area contributed by atoms with Gasteiger partial charge >= 0.3 is 5.97 Å². The van der Waals surface area contributed by atoms with Crippen LogP contribution < -0.4 is 0 Å². The van der Waals surface area contributed by atoms with Crippen LogP contribution in [0.1, 0.15) is 35.2 Å². The van der Waals surface area contributed by atoms with Crippen molar-refractivity contribution >= 4 is 17.3 Å². The highest BCUT2D eigenvalue weighted by atomic mass is 32.1. The van der Waals surface area contributed by atoms with Crippen molar-refractivity contribution in [2.45, 2.75) is 26.4 Å². The van der Waals surface area contributed by atoms with Gasteiger partial charge in [-0.15, -0.1) is 11.3 Å². The normalized spacial score (nSPS) is 10.8. The molecule has 0 fully saturated rings. The summed E-state index contributed by atoms with van der Waals surface area (Å²) in [5.74, 6) is 0.0605. The third-order valence-corrected chi connectivity index (χ3v) is 3.85. The Morgan fingerprint density at radius 2 is 2.41 bits per heavy atom. The average molecular weight is 317 g/mol. The molecule has 0 aromatic carbocycles.